The van der Waals surface area contributed by atoms with E-state index in [1.165, 1.54) is 0 Å². The van der Waals surface area contributed by atoms with Crippen molar-refractivity contribution in [3.8, 4) is 0 Å². The lowest BCUT2D eigenvalue weighted by Gasteiger charge is -2.21. The number of hydrogen-bond acceptors (Lipinski definition) is 2. The Labute approximate surface area is 116 Å². The molecule has 0 spiro atoms. The fourth-order valence-corrected chi connectivity index (χ4v) is 2.05. The maximum atomic E-state index is 13.0. The molecule has 2 aromatic rings. The third kappa shape index (κ3) is 3.70. The first kappa shape index (κ1) is 14.8. The third-order valence-electron chi connectivity index (χ3n) is 3.11. The summed E-state index contributed by atoms with van der Waals surface area (Å²) in [4.78, 5) is 4.30. The molecule has 2 rings (SSSR count). The van der Waals surface area contributed by atoms with E-state index >= 15 is 0 Å². The summed E-state index contributed by atoms with van der Waals surface area (Å²) in [5.74, 6) is 0. The summed E-state index contributed by atoms with van der Waals surface area (Å²) in [6.45, 7) is 2.19. The molecular weight excluding hydrogens is 265 g/mol. The molecule has 0 radical (unpaired) electrons. The number of hydrogen-bond donors (Lipinski definition) is 1. The molecule has 20 heavy (non-hydrogen) atoms. The Morgan fingerprint density at radius 2 is 1.90 bits per heavy atom. The highest BCUT2D eigenvalue weighted by atomic mass is 19.4. The van der Waals surface area contributed by atoms with Gasteiger partial charge in [-0.25, -0.2) is 0 Å². The topological polar surface area (TPSA) is 24.9 Å². The van der Waals surface area contributed by atoms with E-state index in [2.05, 4.69) is 10.3 Å². The van der Waals surface area contributed by atoms with E-state index in [1.807, 2.05) is 31.2 Å². The number of fused-ring (bicyclic) bond motifs is 1. The molecule has 5 heteroatoms. The lowest BCUT2D eigenvalue weighted by molar-refractivity contribution is -0.155. The van der Waals surface area contributed by atoms with Crippen LogP contribution in [0.5, 0.6) is 0 Å². The van der Waals surface area contributed by atoms with Crippen LogP contribution in [-0.2, 0) is 6.42 Å². The van der Waals surface area contributed by atoms with Gasteiger partial charge in [-0.15, -0.1) is 0 Å². The minimum absolute atomic E-state index is 0.145. The molecule has 0 fully saturated rings. The van der Waals surface area contributed by atoms with Crippen LogP contribution < -0.4 is 5.32 Å². The average Bonchev–Trinajstić information content (AvgIpc) is 2.42. The molecule has 0 bridgehead atoms. The van der Waals surface area contributed by atoms with Gasteiger partial charge < -0.3 is 5.32 Å². The van der Waals surface area contributed by atoms with Crippen LogP contribution in [0.25, 0.3) is 10.9 Å². The van der Waals surface area contributed by atoms with Crippen LogP contribution in [0.4, 0.5) is 13.2 Å². The molecule has 1 aromatic heterocycles. The highest BCUT2D eigenvalue weighted by Gasteiger charge is 2.39. The first-order valence-corrected chi connectivity index (χ1v) is 6.65. The second-order valence-corrected chi connectivity index (χ2v) is 4.75. The Balaban J connectivity index is 2.19. The molecule has 1 unspecified atom stereocenters. The predicted molar refractivity (Wildman–Crippen MR) is 73.6 cm³/mol. The molecule has 0 aliphatic carbocycles. The van der Waals surface area contributed by atoms with E-state index in [4.69, 9.17) is 0 Å². The number of nitrogens with one attached hydrogen (secondary N) is 1. The molecule has 0 saturated heterocycles. The second-order valence-electron chi connectivity index (χ2n) is 4.75. The summed E-state index contributed by atoms with van der Waals surface area (Å²) in [6, 6.07) is 9.33. The van der Waals surface area contributed by atoms with Crippen LogP contribution in [0, 0.1) is 0 Å². The molecule has 1 atom stereocenters. The normalized spacial score (nSPS) is 13.6. The van der Waals surface area contributed by atoms with Crippen LogP contribution in [0.15, 0.2) is 36.4 Å². The van der Waals surface area contributed by atoms with Gasteiger partial charge >= 0.3 is 6.18 Å². The Morgan fingerprint density at radius 3 is 2.60 bits per heavy atom. The van der Waals surface area contributed by atoms with Crippen LogP contribution >= 0.6 is 0 Å². The van der Waals surface area contributed by atoms with E-state index < -0.39 is 12.2 Å². The highest BCUT2D eigenvalue weighted by Crippen LogP contribution is 2.23. The van der Waals surface area contributed by atoms with Gasteiger partial charge in [0.15, 0.2) is 0 Å². The number of aromatic nitrogens is 1. The lowest BCUT2D eigenvalue weighted by Crippen LogP contribution is -2.44. The number of alkyl halides is 3. The number of benzene rings is 1. The second kappa shape index (κ2) is 6.22. The van der Waals surface area contributed by atoms with Crippen molar-refractivity contribution in [2.45, 2.75) is 32.0 Å². The maximum Gasteiger partial charge on any atom is 0.404 e. The van der Waals surface area contributed by atoms with Gasteiger partial charge in [-0.05, 0) is 25.1 Å². The summed E-state index contributed by atoms with van der Waals surface area (Å²) >= 11 is 0. The Kier molecular flexibility index (Phi) is 4.60. The first-order chi connectivity index (χ1) is 9.50. The van der Waals surface area contributed by atoms with Gasteiger partial charge in [-0.2, -0.15) is 13.2 Å². The minimum Gasteiger partial charge on any atom is -0.306 e. The summed E-state index contributed by atoms with van der Waals surface area (Å²) < 4.78 is 38.9. The average molecular weight is 282 g/mol. The molecule has 1 heterocycles. The summed E-state index contributed by atoms with van der Waals surface area (Å²) in [5, 5.41) is 3.47. The van der Waals surface area contributed by atoms with Crippen LogP contribution in [0.2, 0.25) is 0 Å². The van der Waals surface area contributed by atoms with Crippen LogP contribution in [0.1, 0.15) is 19.0 Å². The van der Waals surface area contributed by atoms with Gasteiger partial charge in [0.25, 0.3) is 0 Å². The third-order valence-corrected chi connectivity index (χ3v) is 3.11. The van der Waals surface area contributed by atoms with E-state index in [0.717, 1.165) is 10.9 Å². The summed E-state index contributed by atoms with van der Waals surface area (Å²) in [5.41, 5.74) is 1.18. The van der Waals surface area contributed by atoms with Crippen molar-refractivity contribution >= 4 is 10.9 Å². The summed E-state index contributed by atoms with van der Waals surface area (Å²) in [7, 11) is 0. The molecule has 1 aromatic carbocycles. The molecule has 2 nitrogen and oxygen atoms in total. The first-order valence-electron chi connectivity index (χ1n) is 6.65. The Morgan fingerprint density at radius 1 is 1.15 bits per heavy atom. The number of halogens is 3. The van der Waals surface area contributed by atoms with Crippen LogP contribution in [0.3, 0.4) is 0 Å². The van der Waals surface area contributed by atoms with Crippen molar-refractivity contribution in [3.05, 3.63) is 42.1 Å². The zero-order valence-corrected chi connectivity index (χ0v) is 11.2. The van der Waals surface area contributed by atoms with Gasteiger partial charge in [0.05, 0.1) is 5.52 Å². The van der Waals surface area contributed by atoms with E-state index in [0.29, 0.717) is 18.7 Å². The molecule has 0 aliphatic rings. The fraction of sp³-hybridized carbons (Fsp3) is 0.400. The fourth-order valence-electron chi connectivity index (χ4n) is 2.05. The Bertz CT molecular complexity index is 566. The molecule has 0 saturated carbocycles. The summed E-state index contributed by atoms with van der Waals surface area (Å²) in [6.07, 6.45) is -3.74. The maximum absolute atomic E-state index is 13.0. The standard InChI is InChI=1S/C15H17F3N2/c1-2-9-19-14(15(16,17)18)10-12-8-7-11-5-3-4-6-13(11)20-12/h3-8,14,19H,2,9-10H2,1H3. The SMILES string of the molecule is CCCNC(Cc1ccc2ccccc2n1)C(F)(F)F. The predicted octanol–water partition coefficient (Wildman–Crippen LogP) is 3.71. The largest absolute Gasteiger partial charge is 0.404 e. The lowest BCUT2D eigenvalue weighted by atomic mass is 10.1. The van der Waals surface area contributed by atoms with Crippen LogP contribution in [-0.4, -0.2) is 23.7 Å². The molecule has 0 aliphatic heterocycles. The molecular formula is C15H17F3N2. The minimum atomic E-state index is -4.26. The Hall–Kier alpha value is -1.62. The smallest absolute Gasteiger partial charge is 0.306 e. The van der Waals surface area contributed by atoms with Crippen molar-refractivity contribution in [3.63, 3.8) is 0 Å². The number of pyridine rings is 1. The monoisotopic (exact) mass is 282 g/mol. The number of nitrogens with zero attached hydrogens (tertiary/aromatic N) is 1. The number of para-hydroxylation sites is 1. The van der Waals surface area contributed by atoms with Gasteiger partial charge in [0.2, 0.25) is 0 Å². The quantitative estimate of drug-likeness (QED) is 0.904. The van der Waals surface area contributed by atoms with Crippen molar-refractivity contribution in [1.82, 2.24) is 10.3 Å². The van der Waals surface area contributed by atoms with Gasteiger partial charge in [0, 0.05) is 17.5 Å². The van der Waals surface area contributed by atoms with Gasteiger partial charge in [0.1, 0.15) is 6.04 Å². The molecule has 1 N–H and O–H groups in total. The number of rotatable bonds is 5. The molecule has 108 valence electrons. The van der Waals surface area contributed by atoms with E-state index in [1.54, 1.807) is 12.1 Å². The zero-order chi connectivity index (χ0) is 14.6. The van der Waals surface area contributed by atoms with Crippen molar-refractivity contribution in [2.24, 2.45) is 0 Å². The van der Waals surface area contributed by atoms with E-state index in [9.17, 15) is 13.2 Å². The van der Waals surface area contributed by atoms with Crippen molar-refractivity contribution < 1.29 is 13.2 Å². The zero-order valence-electron chi connectivity index (χ0n) is 11.2. The van der Waals surface area contributed by atoms with Crippen molar-refractivity contribution in [1.29, 1.82) is 0 Å². The van der Waals surface area contributed by atoms with Crippen molar-refractivity contribution in [2.75, 3.05) is 6.54 Å². The van der Waals surface area contributed by atoms with E-state index in [-0.39, 0.29) is 6.42 Å². The van der Waals surface area contributed by atoms with Gasteiger partial charge in [-0.1, -0.05) is 31.2 Å². The highest BCUT2D eigenvalue weighted by molar-refractivity contribution is 5.78. The van der Waals surface area contributed by atoms with Gasteiger partial charge in [-0.3, -0.25) is 4.98 Å². The molecule has 0 amide bonds.